The maximum Gasteiger partial charge on any atom is 0.360 e. The fourth-order valence-electron chi connectivity index (χ4n) is 3.00. The fourth-order valence-corrected chi connectivity index (χ4v) is 3.00. The first kappa shape index (κ1) is 13.8. The molecular formula is C16H19N3O2. The fraction of sp³-hybridized carbons (Fsp3) is 0.438. The molecule has 0 N–H and O–H groups in total. The summed E-state index contributed by atoms with van der Waals surface area (Å²) in [6.45, 7) is 4.83. The van der Waals surface area contributed by atoms with Gasteiger partial charge in [-0.15, -0.1) is 5.10 Å². The van der Waals surface area contributed by atoms with Gasteiger partial charge in [0.05, 0.1) is 19.3 Å². The lowest BCUT2D eigenvalue weighted by molar-refractivity contribution is 0.0592. The van der Waals surface area contributed by atoms with E-state index in [2.05, 4.69) is 34.6 Å². The molecule has 1 aromatic heterocycles. The van der Waals surface area contributed by atoms with Gasteiger partial charge in [0.25, 0.3) is 0 Å². The van der Waals surface area contributed by atoms with Crippen molar-refractivity contribution in [2.24, 2.45) is 0 Å². The molecule has 1 unspecified atom stereocenters. The summed E-state index contributed by atoms with van der Waals surface area (Å²) in [6, 6.07) is 8.46. The van der Waals surface area contributed by atoms with Gasteiger partial charge in [-0.25, -0.2) is 9.48 Å². The number of aromatic nitrogens is 3. The molecule has 1 aromatic carbocycles. The molecule has 0 spiro atoms. The van der Waals surface area contributed by atoms with Gasteiger partial charge in [0.15, 0.2) is 5.69 Å². The molecule has 0 amide bonds. The van der Waals surface area contributed by atoms with Crippen LogP contribution in [0.5, 0.6) is 0 Å². The molecule has 0 saturated carbocycles. The average Bonchev–Trinajstić information content (AvgIpc) is 2.88. The summed E-state index contributed by atoms with van der Waals surface area (Å²) < 4.78 is 6.65. The number of benzene rings is 1. The standard InChI is InChI=1S/C16H19N3O2/c1-10(2)15-14(16(20)21-3)17-18-19(15)9-12-8-11-6-4-5-7-13(11)12/h4-7,10,12H,8-9H2,1-3H3. The predicted octanol–water partition coefficient (Wildman–Crippen LogP) is 2.53. The smallest absolute Gasteiger partial charge is 0.360 e. The number of nitrogens with zero attached hydrogens (tertiary/aromatic N) is 3. The second-order valence-electron chi connectivity index (χ2n) is 5.75. The summed E-state index contributed by atoms with van der Waals surface area (Å²) in [6.07, 6.45) is 1.06. The van der Waals surface area contributed by atoms with Gasteiger partial charge >= 0.3 is 5.97 Å². The van der Waals surface area contributed by atoms with Gasteiger partial charge in [-0.3, -0.25) is 0 Å². The second kappa shape index (κ2) is 5.31. The number of methoxy groups -OCH3 is 1. The van der Waals surface area contributed by atoms with Crippen LogP contribution in [0.2, 0.25) is 0 Å². The molecule has 5 nitrogen and oxygen atoms in total. The van der Waals surface area contributed by atoms with Gasteiger partial charge in [-0.1, -0.05) is 43.3 Å². The van der Waals surface area contributed by atoms with E-state index >= 15 is 0 Å². The van der Waals surface area contributed by atoms with Crippen molar-refractivity contribution in [2.45, 2.75) is 38.6 Å². The number of fused-ring (bicyclic) bond motifs is 1. The van der Waals surface area contributed by atoms with Crippen LogP contribution in [0, 0.1) is 0 Å². The Morgan fingerprint density at radius 1 is 1.43 bits per heavy atom. The van der Waals surface area contributed by atoms with Crippen molar-refractivity contribution in [3.8, 4) is 0 Å². The minimum Gasteiger partial charge on any atom is -0.464 e. The number of hydrogen-bond donors (Lipinski definition) is 0. The Morgan fingerprint density at radius 3 is 2.86 bits per heavy atom. The van der Waals surface area contributed by atoms with Gasteiger partial charge < -0.3 is 4.74 Å². The first-order valence-electron chi connectivity index (χ1n) is 7.21. The van der Waals surface area contributed by atoms with Crippen molar-refractivity contribution >= 4 is 5.97 Å². The van der Waals surface area contributed by atoms with Gasteiger partial charge in [0.1, 0.15) is 0 Å². The van der Waals surface area contributed by atoms with Gasteiger partial charge in [0.2, 0.25) is 0 Å². The maximum absolute atomic E-state index is 11.8. The van der Waals surface area contributed by atoms with Crippen LogP contribution in [0.1, 0.15) is 53.0 Å². The zero-order valence-corrected chi connectivity index (χ0v) is 12.5. The van der Waals surface area contributed by atoms with E-state index in [0.717, 1.165) is 18.7 Å². The van der Waals surface area contributed by atoms with Gasteiger partial charge in [-0.05, 0) is 23.5 Å². The molecule has 1 aliphatic rings. The molecule has 0 radical (unpaired) electrons. The Balaban J connectivity index is 1.87. The first-order valence-corrected chi connectivity index (χ1v) is 7.21. The third kappa shape index (κ3) is 2.33. The summed E-state index contributed by atoms with van der Waals surface area (Å²) in [7, 11) is 1.37. The number of carbonyl (C=O) groups excluding carboxylic acids is 1. The highest BCUT2D eigenvalue weighted by molar-refractivity contribution is 5.88. The third-order valence-corrected chi connectivity index (χ3v) is 4.05. The van der Waals surface area contributed by atoms with E-state index < -0.39 is 5.97 Å². The normalized spacial score (nSPS) is 16.5. The molecule has 21 heavy (non-hydrogen) atoms. The van der Waals surface area contributed by atoms with Crippen molar-refractivity contribution in [3.63, 3.8) is 0 Å². The van der Waals surface area contributed by atoms with E-state index in [1.54, 1.807) is 0 Å². The summed E-state index contributed by atoms with van der Waals surface area (Å²) >= 11 is 0. The molecule has 2 aromatic rings. The van der Waals surface area contributed by atoms with Crippen LogP contribution >= 0.6 is 0 Å². The van der Waals surface area contributed by atoms with Gasteiger partial charge in [-0.2, -0.15) is 0 Å². The maximum atomic E-state index is 11.8. The van der Waals surface area contributed by atoms with Crippen LogP contribution in [-0.2, 0) is 17.7 Å². The summed E-state index contributed by atoms with van der Waals surface area (Å²) in [5, 5.41) is 8.18. The average molecular weight is 285 g/mol. The minimum absolute atomic E-state index is 0.171. The summed E-state index contributed by atoms with van der Waals surface area (Å²) in [5.41, 5.74) is 3.97. The quantitative estimate of drug-likeness (QED) is 0.810. The van der Waals surface area contributed by atoms with Crippen molar-refractivity contribution in [1.82, 2.24) is 15.0 Å². The lowest BCUT2D eigenvalue weighted by Crippen LogP contribution is -2.24. The molecule has 110 valence electrons. The van der Waals surface area contributed by atoms with Gasteiger partial charge in [0, 0.05) is 5.92 Å². The van der Waals surface area contributed by atoms with Crippen LogP contribution < -0.4 is 0 Å². The number of hydrogen-bond acceptors (Lipinski definition) is 4. The lowest BCUT2D eigenvalue weighted by atomic mass is 9.77. The van der Waals surface area contributed by atoms with E-state index in [1.807, 2.05) is 18.5 Å². The number of carbonyl (C=O) groups is 1. The Morgan fingerprint density at radius 2 is 2.19 bits per heavy atom. The summed E-state index contributed by atoms with van der Waals surface area (Å²) in [5.74, 6) is 0.203. The van der Waals surface area contributed by atoms with E-state index in [-0.39, 0.29) is 5.92 Å². The van der Waals surface area contributed by atoms with E-state index in [0.29, 0.717) is 11.6 Å². The third-order valence-electron chi connectivity index (χ3n) is 4.05. The highest BCUT2D eigenvalue weighted by Gasteiger charge is 2.29. The first-order chi connectivity index (χ1) is 10.1. The highest BCUT2D eigenvalue weighted by Crippen LogP contribution is 2.36. The highest BCUT2D eigenvalue weighted by atomic mass is 16.5. The van der Waals surface area contributed by atoms with Crippen LogP contribution in [0.4, 0.5) is 0 Å². The molecular weight excluding hydrogens is 266 g/mol. The predicted molar refractivity (Wildman–Crippen MR) is 78.3 cm³/mol. The van der Waals surface area contributed by atoms with E-state index in [4.69, 9.17) is 4.74 Å². The Bertz CT molecular complexity index is 676. The zero-order chi connectivity index (χ0) is 15.0. The number of ether oxygens (including phenoxy) is 1. The van der Waals surface area contributed by atoms with Crippen LogP contribution in [0.3, 0.4) is 0 Å². The number of esters is 1. The van der Waals surface area contributed by atoms with Crippen LogP contribution in [-0.4, -0.2) is 28.1 Å². The van der Waals surface area contributed by atoms with Crippen molar-refractivity contribution in [3.05, 3.63) is 46.8 Å². The molecule has 3 rings (SSSR count). The van der Waals surface area contributed by atoms with Crippen LogP contribution in [0.25, 0.3) is 0 Å². The molecule has 1 atom stereocenters. The molecule has 0 aliphatic heterocycles. The number of rotatable bonds is 4. The molecule has 1 heterocycles. The minimum atomic E-state index is -0.418. The molecule has 0 bridgehead atoms. The van der Waals surface area contributed by atoms with E-state index in [1.165, 1.54) is 18.2 Å². The largest absolute Gasteiger partial charge is 0.464 e. The Kier molecular flexibility index (Phi) is 3.49. The van der Waals surface area contributed by atoms with Crippen molar-refractivity contribution in [2.75, 3.05) is 7.11 Å². The molecule has 1 aliphatic carbocycles. The molecule has 0 saturated heterocycles. The van der Waals surface area contributed by atoms with Crippen molar-refractivity contribution in [1.29, 1.82) is 0 Å². The lowest BCUT2D eigenvalue weighted by Gasteiger charge is -2.30. The van der Waals surface area contributed by atoms with Crippen LogP contribution in [0.15, 0.2) is 24.3 Å². The van der Waals surface area contributed by atoms with E-state index in [9.17, 15) is 4.79 Å². The zero-order valence-electron chi connectivity index (χ0n) is 12.5. The Hall–Kier alpha value is -2.17. The topological polar surface area (TPSA) is 57.0 Å². The molecule has 0 fully saturated rings. The van der Waals surface area contributed by atoms with Crippen molar-refractivity contribution < 1.29 is 9.53 Å². The Labute approximate surface area is 123 Å². The summed E-state index contributed by atoms with van der Waals surface area (Å²) in [4.78, 5) is 11.8. The monoisotopic (exact) mass is 285 g/mol. The second-order valence-corrected chi connectivity index (χ2v) is 5.75. The molecule has 5 heteroatoms. The SMILES string of the molecule is COC(=O)c1nnn(CC2Cc3ccccc32)c1C(C)C.